The lowest BCUT2D eigenvalue weighted by molar-refractivity contribution is 0.0717. The van der Waals surface area contributed by atoms with Crippen LogP contribution in [0.25, 0.3) is 0 Å². The highest BCUT2D eigenvalue weighted by Gasteiger charge is 2.24. The molecule has 1 aliphatic heterocycles. The maximum Gasteiger partial charge on any atom is 0.254 e. The Morgan fingerprint density at radius 3 is 2.39 bits per heavy atom. The summed E-state index contributed by atoms with van der Waals surface area (Å²) in [5.74, 6) is 1.74. The molecule has 1 aliphatic carbocycles. The van der Waals surface area contributed by atoms with Crippen LogP contribution in [-0.4, -0.2) is 36.0 Å². The minimum atomic E-state index is -0.141. The lowest BCUT2D eigenvalue weighted by atomic mass is 10.1. The van der Waals surface area contributed by atoms with E-state index in [1.807, 2.05) is 18.2 Å². The number of amides is 2. The summed E-state index contributed by atoms with van der Waals surface area (Å²) in [4.78, 5) is 27.5. The summed E-state index contributed by atoms with van der Waals surface area (Å²) in [6, 6.07) is 16.6. The Labute approximate surface area is 192 Å². The van der Waals surface area contributed by atoms with E-state index in [0.717, 1.165) is 24.8 Å². The molecule has 1 saturated carbocycles. The number of rotatable bonds is 7. The molecule has 1 aromatic heterocycles. The second kappa shape index (κ2) is 9.40. The van der Waals surface area contributed by atoms with Crippen molar-refractivity contribution in [1.82, 2.24) is 10.2 Å². The van der Waals surface area contributed by atoms with Crippen LogP contribution in [0.3, 0.4) is 0 Å². The Balaban J connectivity index is 1.35. The molecule has 7 nitrogen and oxygen atoms in total. The third kappa shape index (κ3) is 5.19. The summed E-state index contributed by atoms with van der Waals surface area (Å²) in [7, 11) is 0. The summed E-state index contributed by atoms with van der Waals surface area (Å²) in [5, 5.41) is 2.99. The topological polar surface area (TPSA) is 81.0 Å². The van der Waals surface area contributed by atoms with Gasteiger partial charge in [0.2, 0.25) is 0 Å². The molecule has 1 N–H and O–H groups in total. The summed E-state index contributed by atoms with van der Waals surface area (Å²) in [5.41, 5.74) is 2.07. The van der Waals surface area contributed by atoms with Gasteiger partial charge in [-0.25, -0.2) is 0 Å². The SMILES string of the molecule is O=C(NC1CC1)c1ccc(CN(Cc2ccco2)C(=O)c2ccc3c(c2)OCCCO3)cc1. The van der Waals surface area contributed by atoms with Crippen LogP contribution in [-0.2, 0) is 13.1 Å². The van der Waals surface area contributed by atoms with Crippen LogP contribution in [0.1, 0.15) is 51.3 Å². The predicted molar refractivity (Wildman–Crippen MR) is 121 cm³/mol. The lowest BCUT2D eigenvalue weighted by Crippen LogP contribution is -2.30. The summed E-state index contributed by atoms with van der Waals surface area (Å²) in [6.45, 7) is 1.85. The van der Waals surface area contributed by atoms with Crippen molar-refractivity contribution in [1.29, 1.82) is 0 Å². The largest absolute Gasteiger partial charge is 0.490 e. The number of nitrogens with one attached hydrogen (secondary N) is 1. The van der Waals surface area contributed by atoms with Gasteiger partial charge in [0, 0.05) is 30.1 Å². The van der Waals surface area contributed by atoms with E-state index in [1.165, 1.54) is 0 Å². The first-order valence-electron chi connectivity index (χ1n) is 11.3. The molecule has 5 rings (SSSR count). The van der Waals surface area contributed by atoms with Gasteiger partial charge in [0.1, 0.15) is 5.76 Å². The molecule has 0 unspecified atom stereocenters. The maximum absolute atomic E-state index is 13.5. The minimum Gasteiger partial charge on any atom is -0.490 e. The fourth-order valence-electron chi connectivity index (χ4n) is 3.75. The fraction of sp³-hybridized carbons (Fsp3) is 0.308. The Hall–Kier alpha value is -3.74. The van der Waals surface area contributed by atoms with Gasteiger partial charge in [-0.3, -0.25) is 9.59 Å². The van der Waals surface area contributed by atoms with Crippen molar-refractivity contribution < 1.29 is 23.5 Å². The number of hydrogen-bond acceptors (Lipinski definition) is 5. The number of hydrogen-bond donors (Lipinski definition) is 1. The number of carbonyl (C=O) groups excluding carboxylic acids is 2. The van der Waals surface area contributed by atoms with E-state index in [1.54, 1.807) is 47.6 Å². The Morgan fingerprint density at radius 2 is 1.67 bits per heavy atom. The number of furan rings is 1. The van der Waals surface area contributed by atoms with E-state index in [-0.39, 0.29) is 11.8 Å². The van der Waals surface area contributed by atoms with Crippen molar-refractivity contribution in [3.8, 4) is 11.5 Å². The molecule has 0 spiro atoms. The summed E-state index contributed by atoms with van der Waals surface area (Å²) < 4.78 is 16.9. The molecule has 2 aliphatic rings. The highest BCUT2D eigenvalue weighted by atomic mass is 16.5. The van der Waals surface area contributed by atoms with Crippen LogP contribution < -0.4 is 14.8 Å². The second-order valence-electron chi connectivity index (χ2n) is 8.40. The Morgan fingerprint density at radius 1 is 0.909 bits per heavy atom. The zero-order valence-electron chi connectivity index (χ0n) is 18.3. The zero-order chi connectivity index (χ0) is 22.6. The maximum atomic E-state index is 13.5. The number of carbonyl (C=O) groups is 2. The molecule has 170 valence electrons. The number of ether oxygens (including phenoxy) is 2. The molecular weight excluding hydrogens is 420 g/mol. The van der Waals surface area contributed by atoms with E-state index in [2.05, 4.69) is 5.32 Å². The van der Waals surface area contributed by atoms with Gasteiger partial charge in [-0.05, 0) is 60.9 Å². The summed E-state index contributed by atoms with van der Waals surface area (Å²) in [6.07, 6.45) is 4.50. The molecule has 0 saturated heterocycles. The van der Waals surface area contributed by atoms with Gasteiger partial charge in [0.15, 0.2) is 11.5 Å². The van der Waals surface area contributed by atoms with Crippen molar-refractivity contribution in [2.45, 2.75) is 38.4 Å². The third-order valence-electron chi connectivity index (χ3n) is 5.71. The van der Waals surface area contributed by atoms with E-state index in [9.17, 15) is 9.59 Å². The molecule has 0 atom stereocenters. The van der Waals surface area contributed by atoms with Crippen LogP contribution in [0.2, 0.25) is 0 Å². The molecule has 2 heterocycles. The molecule has 2 aromatic carbocycles. The standard InChI is InChI=1S/C26H26N2O5/c29-25(27-21-9-10-21)19-6-4-18(5-7-19)16-28(17-22-3-1-12-31-22)26(30)20-8-11-23-24(15-20)33-14-2-13-32-23/h1,3-8,11-12,15,21H,2,9-10,13-14,16-17H2,(H,27,29). The molecule has 1 fully saturated rings. The highest BCUT2D eigenvalue weighted by Crippen LogP contribution is 2.31. The van der Waals surface area contributed by atoms with E-state index in [4.69, 9.17) is 13.9 Å². The second-order valence-corrected chi connectivity index (χ2v) is 8.40. The van der Waals surface area contributed by atoms with Crippen molar-refractivity contribution in [2.24, 2.45) is 0 Å². The van der Waals surface area contributed by atoms with Crippen molar-refractivity contribution in [3.05, 3.63) is 83.3 Å². The van der Waals surface area contributed by atoms with Gasteiger partial charge >= 0.3 is 0 Å². The number of fused-ring (bicyclic) bond motifs is 1. The zero-order valence-corrected chi connectivity index (χ0v) is 18.3. The van der Waals surface area contributed by atoms with Crippen LogP contribution >= 0.6 is 0 Å². The van der Waals surface area contributed by atoms with Gasteiger partial charge < -0.3 is 24.1 Å². The van der Waals surface area contributed by atoms with Gasteiger partial charge in [0.05, 0.1) is 26.0 Å². The van der Waals surface area contributed by atoms with Gasteiger partial charge in [-0.1, -0.05) is 12.1 Å². The van der Waals surface area contributed by atoms with E-state index < -0.39 is 0 Å². The Bertz CT molecular complexity index is 1120. The molecule has 0 radical (unpaired) electrons. The predicted octanol–water partition coefficient (Wildman–Crippen LogP) is 4.18. The van der Waals surface area contributed by atoms with Crippen molar-refractivity contribution in [2.75, 3.05) is 13.2 Å². The molecule has 2 amide bonds. The van der Waals surface area contributed by atoms with Crippen LogP contribution in [0, 0.1) is 0 Å². The smallest absolute Gasteiger partial charge is 0.254 e. The highest BCUT2D eigenvalue weighted by molar-refractivity contribution is 5.95. The quantitative estimate of drug-likeness (QED) is 0.589. The van der Waals surface area contributed by atoms with Crippen LogP contribution in [0.15, 0.2) is 65.3 Å². The first kappa shape index (κ1) is 21.1. The molecule has 33 heavy (non-hydrogen) atoms. The Kier molecular flexibility index (Phi) is 6.02. The first-order valence-corrected chi connectivity index (χ1v) is 11.3. The van der Waals surface area contributed by atoms with E-state index in [0.29, 0.717) is 60.7 Å². The van der Waals surface area contributed by atoms with Crippen LogP contribution in [0.4, 0.5) is 0 Å². The number of benzene rings is 2. The minimum absolute atomic E-state index is 0.0558. The molecule has 0 bridgehead atoms. The lowest BCUT2D eigenvalue weighted by Gasteiger charge is -2.22. The monoisotopic (exact) mass is 446 g/mol. The van der Waals surface area contributed by atoms with Gasteiger partial charge in [-0.15, -0.1) is 0 Å². The van der Waals surface area contributed by atoms with E-state index >= 15 is 0 Å². The van der Waals surface area contributed by atoms with Crippen molar-refractivity contribution in [3.63, 3.8) is 0 Å². The van der Waals surface area contributed by atoms with Gasteiger partial charge in [-0.2, -0.15) is 0 Å². The average molecular weight is 447 g/mol. The summed E-state index contributed by atoms with van der Waals surface area (Å²) >= 11 is 0. The van der Waals surface area contributed by atoms with Gasteiger partial charge in [0.25, 0.3) is 11.8 Å². The number of nitrogens with zero attached hydrogens (tertiary/aromatic N) is 1. The fourth-order valence-corrected chi connectivity index (χ4v) is 3.75. The molecule has 7 heteroatoms. The molecule has 3 aromatic rings. The normalized spacial score (nSPS) is 14.9. The van der Waals surface area contributed by atoms with Crippen molar-refractivity contribution >= 4 is 11.8 Å². The molecular formula is C26H26N2O5. The average Bonchev–Trinajstić information content (AvgIpc) is 3.56. The first-order chi connectivity index (χ1) is 16.2. The van der Waals surface area contributed by atoms with Crippen LogP contribution in [0.5, 0.6) is 11.5 Å². The third-order valence-corrected chi connectivity index (χ3v) is 5.71.